The first kappa shape index (κ1) is 17.6. The molecule has 0 atom stereocenters. The fourth-order valence-corrected chi connectivity index (χ4v) is 3.34. The summed E-state index contributed by atoms with van der Waals surface area (Å²) in [5.74, 6) is -0.746. The van der Waals surface area contributed by atoms with Crippen molar-refractivity contribution in [3.05, 3.63) is 53.9 Å². The third kappa shape index (κ3) is 4.90. The molecule has 2 N–H and O–H groups in total. The maximum absolute atomic E-state index is 10.9. The number of aliphatic carboxylic acids is 1. The molecule has 2 aromatic rings. The van der Waals surface area contributed by atoms with Crippen molar-refractivity contribution in [2.75, 3.05) is 13.1 Å². The number of hydrogen-bond acceptors (Lipinski definition) is 4. The molecule has 0 saturated heterocycles. The lowest BCUT2D eigenvalue weighted by Crippen LogP contribution is -2.53. The van der Waals surface area contributed by atoms with Gasteiger partial charge in [0.05, 0.1) is 19.3 Å². The summed E-state index contributed by atoms with van der Waals surface area (Å²) in [6.45, 7) is 4.53. The van der Waals surface area contributed by atoms with Crippen molar-refractivity contribution in [2.45, 2.75) is 44.9 Å². The highest BCUT2D eigenvalue weighted by Gasteiger charge is 2.33. The minimum Gasteiger partial charge on any atom is -0.480 e. The minimum atomic E-state index is -0.746. The van der Waals surface area contributed by atoms with Gasteiger partial charge in [-0.1, -0.05) is 37.3 Å². The van der Waals surface area contributed by atoms with Gasteiger partial charge in [0.1, 0.15) is 0 Å². The third-order valence-electron chi connectivity index (χ3n) is 4.84. The highest BCUT2D eigenvalue weighted by molar-refractivity contribution is 5.69. The van der Waals surface area contributed by atoms with Crippen molar-refractivity contribution in [3.8, 4) is 0 Å². The van der Waals surface area contributed by atoms with Gasteiger partial charge in [0.25, 0.3) is 0 Å². The molecule has 6 nitrogen and oxygen atoms in total. The summed E-state index contributed by atoms with van der Waals surface area (Å²) in [7, 11) is 0. The van der Waals surface area contributed by atoms with Crippen molar-refractivity contribution >= 4 is 5.97 Å². The first-order chi connectivity index (χ1) is 12.1. The smallest absolute Gasteiger partial charge is 0.317 e. The summed E-state index contributed by atoms with van der Waals surface area (Å²) in [4.78, 5) is 12.9. The number of nitrogens with one attached hydrogen (secondary N) is 1. The molecule has 1 fully saturated rings. The fourth-order valence-electron chi connectivity index (χ4n) is 3.34. The number of nitrogens with zero attached hydrogens (tertiary/aromatic N) is 3. The van der Waals surface area contributed by atoms with E-state index in [0.29, 0.717) is 12.1 Å². The second kappa shape index (κ2) is 8.27. The van der Waals surface area contributed by atoms with E-state index in [0.717, 1.165) is 32.5 Å². The lowest BCUT2D eigenvalue weighted by atomic mass is 9.85. The molecular weight excluding hydrogens is 316 g/mol. The number of hydrogen-bond donors (Lipinski definition) is 2. The summed E-state index contributed by atoms with van der Waals surface area (Å²) < 4.78 is 1.96. The van der Waals surface area contributed by atoms with Gasteiger partial charge in [-0.3, -0.25) is 14.4 Å². The molecule has 1 saturated carbocycles. The number of carbonyl (C=O) groups is 1. The highest BCUT2D eigenvalue weighted by Crippen LogP contribution is 2.25. The van der Waals surface area contributed by atoms with Crippen molar-refractivity contribution in [2.24, 2.45) is 0 Å². The van der Waals surface area contributed by atoms with E-state index in [-0.39, 0.29) is 6.54 Å². The Kier molecular flexibility index (Phi) is 5.83. The summed E-state index contributed by atoms with van der Waals surface area (Å²) in [6.07, 6.45) is 6.02. The normalized spacial score (nSPS) is 19.8. The first-order valence-electron chi connectivity index (χ1n) is 8.88. The number of rotatable bonds is 9. The SMILES string of the molecule is CCN(CC(=O)O)C1CC(NCc2cnn(Cc3ccccc3)c2)C1. The number of benzene rings is 1. The van der Waals surface area contributed by atoms with E-state index >= 15 is 0 Å². The van der Waals surface area contributed by atoms with Gasteiger partial charge in [0.15, 0.2) is 0 Å². The van der Waals surface area contributed by atoms with Crippen LogP contribution in [0.1, 0.15) is 30.9 Å². The van der Waals surface area contributed by atoms with Crippen LogP contribution in [0.15, 0.2) is 42.7 Å². The molecule has 1 aromatic carbocycles. The zero-order valence-corrected chi connectivity index (χ0v) is 14.6. The Morgan fingerprint density at radius 3 is 2.76 bits per heavy atom. The molecule has 1 aliphatic rings. The van der Waals surface area contributed by atoms with E-state index in [1.54, 1.807) is 0 Å². The Bertz CT molecular complexity index is 680. The van der Waals surface area contributed by atoms with Crippen LogP contribution in [0.5, 0.6) is 0 Å². The molecule has 0 radical (unpaired) electrons. The van der Waals surface area contributed by atoms with Crippen LogP contribution in [0.25, 0.3) is 0 Å². The number of likely N-dealkylation sites (N-methyl/N-ethyl adjacent to an activating group) is 1. The van der Waals surface area contributed by atoms with Crippen molar-refractivity contribution in [1.29, 1.82) is 0 Å². The highest BCUT2D eigenvalue weighted by atomic mass is 16.4. The van der Waals surface area contributed by atoms with Gasteiger partial charge in [0, 0.05) is 30.4 Å². The largest absolute Gasteiger partial charge is 0.480 e. The van der Waals surface area contributed by atoms with Gasteiger partial charge in [-0.25, -0.2) is 0 Å². The molecule has 134 valence electrons. The summed E-state index contributed by atoms with van der Waals surface area (Å²) in [5, 5.41) is 16.9. The van der Waals surface area contributed by atoms with E-state index in [1.165, 1.54) is 11.1 Å². The van der Waals surface area contributed by atoms with E-state index in [4.69, 9.17) is 5.11 Å². The Balaban J connectivity index is 1.41. The molecule has 0 aliphatic heterocycles. The van der Waals surface area contributed by atoms with Gasteiger partial charge < -0.3 is 10.4 Å². The van der Waals surface area contributed by atoms with Crippen LogP contribution in [-0.4, -0.2) is 50.9 Å². The van der Waals surface area contributed by atoms with Crippen LogP contribution in [0, 0.1) is 0 Å². The molecule has 0 amide bonds. The van der Waals surface area contributed by atoms with Crippen LogP contribution in [-0.2, 0) is 17.9 Å². The molecule has 1 aromatic heterocycles. The van der Waals surface area contributed by atoms with Crippen molar-refractivity contribution in [1.82, 2.24) is 20.0 Å². The lowest BCUT2D eigenvalue weighted by Gasteiger charge is -2.42. The Hall–Kier alpha value is -2.18. The Morgan fingerprint density at radius 2 is 2.08 bits per heavy atom. The molecule has 6 heteroatoms. The van der Waals surface area contributed by atoms with Gasteiger partial charge in [-0.05, 0) is 24.9 Å². The van der Waals surface area contributed by atoms with Crippen LogP contribution in [0.3, 0.4) is 0 Å². The van der Waals surface area contributed by atoms with Gasteiger partial charge >= 0.3 is 5.97 Å². The molecule has 25 heavy (non-hydrogen) atoms. The second-order valence-electron chi connectivity index (χ2n) is 6.69. The minimum absolute atomic E-state index is 0.139. The van der Waals surface area contributed by atoms with E-state index in [9.17, 15) is 4.79 Å². The van der Waals surface area contributed by atoms with E-state index < -0.39 is 5.97 Å². The van der Waals surface area contributed by atoms with Gasteiger partial charge in [0.2, 0.25) is 0 Å². The number of carboxylic acid groups (broad SMARTS) is 1. The van der Waals surface area contributed by atoms with Crippen molar-refractivity contribution < 1.29 is 9.90 Å². The van der Waals surface area contributed by atoms with Crippen LogP contribution < -0.4 is 5.32 Å². The second-order valence-corrected chi connectivity index (χ2v) is 6.69. The summed E-state index contributed by atoms with van der Waals surface area (Å²) in [5.41, 5.74) is 2.42. The molecule has 0 bridgehead atoms. The number of aromatic nitrogens is 2. The molecular formula is C19H26N4O2. The fraction of sp³-hybridized carbons (Fsp3) is 0.474. The van der Waals surface area contributed by atoms with Crippen molar-refractivity contribution in [3.63, 3.8) is 0 Å². The topological polar surface area (TPSA) is 70.4 Å². The monoisotopic (exact) mass is 342 g/mol. The van der Waals surface area contributed by atoms with Gasteiger partial charge in [-0.2, -0.15) is 5.10 Å². The Labute approximate surface area is 148 Å². The van der Waals surface area contributed by atoms with E-state index in [1.807, 2.05) is 40.9 Å². The average Bonchev–Trinajstić information content (AvgIpc) is 3.00. The van der Waals surface area contributed by atoms with E-state index in [2.05, 4.69) is 28.7 Å². The standard InChI is InChI=1S/C19H26N4O2/c1-2-22(14-19(24)25)18-8-17(9-18)20-10-16-11-21-23(13-16)12-15-6-4-3-5-7-15/h3-7,11,13,17-18,20H,2,8-10,12,14H2,1H3,(H,24,25). The zero-order chi connectivity index (χ0) is 17.6. The predicted octanol–water partition coefficient (Wildman–Crippen LogP) is 1.96. The average molecular weight is 342 g/mol. The molecule has 0 spiro atoms. The van der Waals surface area contributed by atoms with Crippen LogP contribution in [0.4, 0.5) is 0 Å². The molecule has 3 rings (SSSR count). The maximum Gasteiger partial charge on any atom is 0.317 e. The lowest BCUT2D eigenvalue weighted by molar-refractivity contribution is -0.139. The van der Waals surface area contributed by atoms with Crippen LogP contribution in [0.2, 0.25) is 0 Å². The zero-order valence-electron chi connectivity index (χ0n) is 14.6. The Morgan fingerprint density at radius 1 is 1.32 bits per heavy atom. The maximum atomic E-state index is 10.9. The summed E-state index contributed by atoms with van der Waals surface area (Å²) in [6, 6.07) is 11.2. The van der Waals surface area contributed by atoms with Crippen LogP contribution >= 0.6 is 0 Å². The third-order valence-corrected chi connectivity index (χ3v) is 4.84. The number of carboxylic acids is 1. The first-order valence-corrected chi connectivity index (χ1v) is 8.88. The quantitative estimate of drug-likeness (QED) is 0.729. The molecule has 1 heterocycles. The molecule has 1 aliphatic carbocycles. The summed E-state index contributed by atoms with van der Waals surface area (Å²) >= 11 is 0. The predicted molar refractivity (Wildman–Crippen MR) is 96.3 cm³/mol. The molecule has 0 unspecified atom stereocenters. The van der Waals surface area contributed by atoms with Gasteiger partial charge in [-0.15, -0.1) is 0 Å².